The van der Waals surface area contributed by atoms with Crippen LogP contribution in [0.1, 0.15) is 41.4 Å². The van der Waals surface area contributed by atoms with Gasteiger partial charge in [0.1, 0.15) is 23.0 Å². The van der Waals surface area contributed by atoms with E-state index >= 15 is 0 Å². The first-order valence-corrected chi connectivity index (χ1v) is 11.6. The molecule has 5 rings (SSSR count). The molecule has 0 fully saturated rings. The smallest absolute Gasteiger partial charge is 0.338 e. The minimum atomic E-state index is -0.918. The summed E-state index contributed by atoms with van der Waals surface area (Å²) >= 11 is 6.10. The van der Waals surface area contributed by atoms with E-state index in [1.54, 1.807) is 42.5 Å². The Balaban J connectivity index is 1.61. The van der Waals surface area contributed by atoms with Crippen molar-refractivity contribution >= 4 is 28.5 Å². The van der Waals surface area contributed by atoms with Gasteiger partial charge in [-0.15, -0.1) is 0 Å². The molecule has 0 spiro atoms. The van der Waals surface area contributed by atoms with Gasteiger partial charge in [0, 0.05) is 16.5 Å². The van der Waals surface area contributed by atoms with Crippen LogP contribution in [0.4, 0.5) is 0 Å². The summed E-state index contributed by atoms with van der Waals surface area (Å²) in [6.07, 6.45) is -1.63. The molecule has 0 saturated heterocycles. The zero-order valence-electron chi connectivity index (χ0n) is 19.2. The van der Waals surface area contributed by atoms with Gasteiger partial charge in [0.15, 0.2) is 6.10 Å². The number of halogens is 1. The molecule has 2 atom stereocenters. The van der Waals surface area contributed by atoms with E-state index in [2.05, 4.69) is 0 Å². The lowest BCUT2D eigenvalue weighted by Crippen LogP contribution is -2.51. The first-order valence-electron chi connectivity index (χ1n) is 11.2. The maximum atomic E-state index is 13.2. The molecular formula is C28H23ClO6. The summed E-state index contributed by atoms with van der Waals surface area (Å²) < 4.78 is 24.3. The number of hydrogen-bond donors (Lipinski definition) is 0. The fourth-order valence-electron chi connectivity index (χ4n) is 4.32. The second kappa shape index (κ2) is 9.21. The van der Waals surface area contributed by atoms with Crippen molar-refractivity contribution in [3.8, 4) is 5.75 Å². The van der Waals surface area contributed by atoms with Crippen LogP contribution in [0.2, 0.25) is 5.02 Å². The highest BCUT2D eigenvalue weighted by Crippen LogP contribution is 2.46. The van der Waals surface area contributed by atoms with Gasteiger partial charge in [0.25, 0.3) is 0 Å². The zero-order valence-corrected chi connectivity index (χ0v) is 20.0. The van der Waals surface area contributed by atoms with Crippen molar-refractivity contribution in [2.75, 3.05) is 0 Å². The van der Waals surface area contributed by atoms with Crippen LogP contribution >= 0.6 is 11.6 Å². The Morgan fingerprint density at radius 1 is 1.00 bits per heavy atom. The standard InChI is InChI=1S/C28H23ClO6/c1-28(2)26(32-16-17-7-4-3-5-8-17)25(34-27(31)19-9-6-10-20(29)15-19)23-21(35-28)13-11-18-12-14-22(30)33-24(18)23/h3-15,25-26H,16H2,1-2H3/t25-,26+/m0/s1. The molecule has 0 unspecified atom stereocenters. The van der Waals surface area contributed by atoms with E-state index in [-0.39, 0.29) is 6.61 Å². The van der Waals surface area contributed by atoms with E-state index in [0.29, 0.717) is 32.9 Å². The molecule has 7 heteroatoms. The van der Waals surface area contributed by atoms with Crippen molar-refractivity contribution in [3.63, 3.8) is 0 Å². The summed E-state index contributed by atoms with van der Waals surface area (Å²) in [5.74, 6) is -0.120. The number of rotatable bonds is 5. The van der Waals surface area contributed by atoms with Gasteiger partial charge in [-0.05, 0) is 55.8 Å². The van der Waals surface area contributed by atoms with Crippen molar-refractivity contribution in [3.05, 3.63) is 111 Å². The number of hydrogen-bond acceptors (Lipinski definition) is 6. The molecule has 0 N–H and O–H groups in total. The molecule has 0 radical (unpaired) electrons. The molecule has 2 heterocycles. The van der Waals surface area contributed by atoms with Crippen molar-refractivity contribution in [1.82, 2.24) is 0 Å². The van der Waals surface area contributed by atoms with Gasteiger partial charge in [-0.1, -0.05) is 48.0 Å². The summed E-state index contributed by atoms with van der Waals surface area (Å²) in [5.41, 5.74) is 0.613. The summed E-state index contributed by atoms with van der Waals surface area (Å²) in [6.45, 7) is 4.02. The predicted octanol–water partition coefficient (Wildman–Crippen LogP) is 6.10. The Hall–Kier alpha value is -3.61. The van der Waals surface area contributed by atoms with Crippen molar-refractivity contribution < 1.29 is 23.4 Å². The highest BCUT2D eigenvalue weighted by Gasteiger charge is 2.48. The summed E-state index contributed by atoms with van der Waals surface area (Å²) in [5, 5.41) is 1.10. The van der Waals surface area contributed by atoms with E-state index < -0.39 is 29.4 Å². The molecule has 6 nitrogen and oxygen atoms in total. The van der Waals surface area contributed by atoms with E-state index in [1.807, 2.05) is 44.2 Å². The number of carbonyl (C=O) groups excluding carboxylic acids is 1. The van der Waals surface area contributed by atoms with E-state index in [9.17, 15) is 9.59 Å². The van der Waals surface area contributed by atoms with Crippen molar-refractivity contribution in [1.29, 1.82) is 0 Å². The second-order valence-electron chi connectivity index (χ2n) is 8.91. The third kappa shape index (κ3) is 4.67. The monoisotopic (exact) mass is 490 g/mol. The third-order valence-electron chi connectivity index (χ3n) is 5.97. The lowest BCUT2D eigenvalue weighted by Gasteiger charge is -2.43. The average molecular weight is 491 g/mol. The number of carbonyl (C=O) groups is 1. The molecule has 0 aliphatic carbocycles. The first-order chi connectivity index (χ1) is 16.8. The molecule has 0 amide bonds. The molecular weight excluding hydrogens is 468 g/mol. The molecule has 3 aromatic carbocycles. The average Bonchev–Trinajstić information content (AvgIpc) is 2.83. The van der Waals surface area contributed by atoms with Gasteiger partial charge in [-0.3, -0.25) is 0 Å². The highest BCUT2D eigenvalue weighted by molar-refractivity contribution is 6.30. The van der Waals surface area contributed by atoms with Gasteiger partial charge in [-0.2, -0.15) is 0 Å². The maximum Gasteiger partial charge on any atom is 0.338 e. The first kappa shape index (κ1) is 23.1. The predicted molar refractivity (Wildman–Crippen MR) is 132 cm³/mol. The summed E-state index contributed by atoms with van der Waals surface area (Å²) in [6, 6.07) is 22.8. The molecule has 1 aromatic heterocycles. The van der Waals surface area contributed by atoms with Gasteiger partial charge in [0.2, 0.25) is 0 Å². The maximum absolute atomic E-state index is 13.2. The van der Waals surface area contributed by atoms with E-state index in [1.165, 1.54) is 6.07 Å². The second-order valence-corrected chi connectivity index (χ2v) is 9.35. The molecule has 0 saturated carbocycles. The lowest BCUT2D eigenvalue weighted by atomic mass is 9.87. The molecule has 0 bridgehead atoms. The molecule has 4 aromatic rings. The minimum absolute atomic E-state index is 0.271. The Morgan fingerprint density at radius 2 is 1.77 bits per heavy atom. The Morgan fingerprint density at radius 3 is 2.54 bits per heavy atom. The van der Waals surface area contributed by atoms with Gasteiger partial charge in [0.05, 0.1) is 17.7 Å². The zero-order chi connectivity index (χ0) is 24.6. The molecule has 1 aliphatic heterocycles. The topological polar surface area (TPSA) is 75.0 Å². The quantitative estimate of drug-likeness (QED) is 0.248. The fraction of sp³-hybridized carbons (Fsp3) is 0.214. The Labute approximate surface area is 207 Å². The minimum Gasteiger partial charge on any atom is -0.484 e. The van der Waals surface area contributed by atoms with Crippen LogP contribution in [0.15, 0.2) is 88.1 Å². The SMILES string of the molecule is CC1(C)Oc2ccc3ccc(=O)oc3c2[C@H](OC(=O)c2cccc(Cl)c2)[C@H]1OCc1ccccc1. The third-order valence-corrected chi connectivity index (χ3v) is 6.21. The van der Waals surface area contributed by atoms with Crippen LogP contribution in [0.25, 0.3) is 11.0 Å². The van der Waals surface area contributed by atoms with Crippen LogP contribution in [-0.4, -0.2) is 17.7 Å². The summed E-state index contributed by atoms with van der Waals surface area (Å²) in [7, 11) is 0. The molecule has 1 aliphatic rings. The van der Waals surface area contributed by atoms with E-state index in [4.69, 9.17) is 30.2 Å². The van der Waals surface area contributed by atoms with Crippen molar-refractivity contribution in [2.45, 2.75) is 38.3 Å². The highest BCUT2D eigenvalue weighted by atomic mass is 35.5. The van der Waals surface area contributed by atoms with Crippen LogP contribution in [0, 0.1) is 0 Å². The Bertz CT molecular complexity index is 1440. The van der Waals surface area contributed by atoms with Gasteiger partial charge < -0.3 is 18.6 Å². The normalized spacial score (nSPS) is 18.5. The van der Waals surface area contributed by atoms with Gasteiger partial charge in [-0.25, -0.2) is 9.59 Å². The Kier molecular flexibility index (Phi) is 6.09. The fourth-order valence-corrected chi connectivity index (χ4v) is 4.51. The van der Waals surface area contributed by atoms with Gasteiger partial charge >= 0.3 is 11.6 Å². The summed E-state index contributed by atoms with van der Waals surface area (Å²) in [4.78, 5) is 25.4. The van der Waals surface area contributed by atoms with Crippen molar-refractivity contribution in [2.24, 2.45) is 0 Å². The van der Waals surface area contributed by atoms with Crippen LogP contribution in [-0.2, 0) is 16.1 Å². The lowest BCUT2D eigenvalue weighted by molar-refractivity contribution is -0.151. The molecule has 178 valence electrons. The molecule has 35 heavy (non-hydrogen) atoms. The van der Waals surface area contributed by atoms with Crippen LogP contribution < -0.4 is 10.4 Å². The number of benzene rings is 3. The largest absolute Gasteiger partial charge is 0.484 e. The number of fused-ring (bicyclic) bond motifs is 3. The van der Waals surface area contributed by atoms with E-state index in [0.717, 1.165) is 5.56 Å². The number of ether oxygens (including phenoxy) is 3. The van der Waals surface area contributed by atoms with Crippen LogP contribution in [0.3, 0.4) is 0 Å². The number of esters is 1. The van der Waals surface area contributed by atoms with Crippen LogP contribution in [0.5, 0.6) is 5.75 Å².